The third-order valence-corrected chi connectivity index (χ3v) is 8.65. The fourth-order valence-corrected chi connectivity index (χ4v) is 6.11. The maximum Gasteiger partial charge on any atom is 1.00 e. The number of fused-ring (bicyclic) bond motifs is 1. The van der Waals surface area contributed by atoms with Crippen molar-refractivity contribution in [2.45, 2.75) is 96.6 Å². The molecule has 8 heteroatoms. The van der Waals surface area contributed by atoms with Crippen LogP contribution < -0.4 is 51.4 Å². The maximum absolute atomic E-state index is 5.83. The maximum atomic E-state index is 5.83. The Bertz CT molecular complexity index is 711. The second-order valence-corrected chi connectivity index (χ2v) is 10.8. The van der Waals surface area contributed by atoms with Crippen LogP contribution >= 0.6 is 0 Å². The van der Waals surface area contributed by atoms with Gasteiger partial charge in [0.05, 0.1) is 11.6 Å². The zero-order chi connectivity index (χ0) is 25.1. The molecule has 3 saturated heterocycles. The van der Waals surface area contributed by atoms with E-state index in [-0.39, 0.29) is 89.7 Å². The van der Waals surface area contributed by atoms with E-state index in [1.54, 1.807) is 0 Å². The van der Waals surface area contributed by atoms with Crippen LogP contribution in [0.5, 0.6) is 0 Å². The fourth-order valence-electron chi connectivity index (χ4n) is 6.11. The molecular formula is C29H53KN5OY-. The summed E-state index contributed by atoms with van der Waals surface area (Å²) in [7, 11) is 4.09. The first kappa shape index (κ1) is 36.8. The van der Waals surface area contributed by atoms with Crippen LogP contribution in [0.25, 0.3) is 5.32 Å². The SMILES string of the molecule is CC.CCC1CCN(CC2(OC)CC[N-]CC2)CC1.CN1CCC(n2ncc3c2CC[CH-]C3)CC1.[K+].[Y]. The molecule has 4 aliphatic rings. The van der Waals surface area contributed by atoms with Crippen LogP contribution in [0.4, 0.5) is 0 Å². The summed E-state index contributed by atoms with van der Waals surface area (Å²) < 4.78 is 8.16. The fraction of sp³-hybridized carbons (Fsp3) is 0.862. The van der Waals surface area contributed by atoms with Crippen LogP contribution in [-0.2, 0) is 50.3 Å². The monoisotopic (exact) mass is 615 g/mol. The van der Waals surface area contributed by atoms with Crippen LogP contribution in [-0.4, -0.2) is 85.2 Å². The van der Waals surface area contributed by atoms with E-state index in [4.69, 9.17) is 4.74 Å². The van der Waals surface area contributed by atoms with E-state index in [0.717, 1.165) is 44.8 Å². The summed E-state index contributed by atoms with van der Waals surface area (Å²) in [4.78, 5) is 5.03. The van der Waals surface area contributed by atoms with Gasteiger partial charge in [0.25, 0.3) is 0 Å². The van der Waals surface area contributed by atoms with Crippen molar-refractivity contribution < 1.29 is 88.8 Å². The van der Waals surface area contributed by atoms with Crippen molar-refractivity contribution in [3.63, 3.8) is 0 Å². The summed E-state index contributed by atoms with van der Waals surface area (Å²) in [6.45, 7) is 14.4. The molecule has 37 heavy (non-hydrogen) atoms. The second kappa shape index (κ2) is 19.8. The average molecular weight is 616 g/mol. The summed E-state index contributed by atoms with van der Waals surface area (Å²) >= 11 is 0. The molecule has 0 bridgehead atoms. The van der Waals surface area contributed by atoms with Crippen molar-refractivity contribution in [1.82, 2.24) is 19.6 Å². The molecule has 0 atom stereocenters. The predicted molar refractivity (Wildman–Crippen MR) is 147 cm³/mol. The minimum absolute atomic E-state index is 0. The van der Waals surface area contributed by atoms with Gasteiger partial charge in [-0.1, -0.05) is 27.2 Å². The summed E-state index contributed by atoms with van der Waals surface area (Å²) in [6, 6.07) is 0.651. The van der Waals surface area contributed by atoms with E-state index in [1.165, 1.54) is 82.4 Å². The molecule has 0 spiro atoms. The van der Waals surface area contributed by atoms with Gasteiger partial charge in [-0.05, 0) is 89.7 Å². The minimum atomic E-state index is 0. The van der Waals surface area contributed by atoms with Crippen LogP contribution in [0.1, 0.15) is 89.4 Å². The molecule has 6 nitrogen and oxygen atoms in total. The molecule has 0 saturated carbocycles. The third kappa shape index (κ3) is 11.2. The van der Waals surface area contributed by atoms with Gasteiger partial charge < -0.3 is 26.3 Å². The van der Waals surface area contributed by atoms with Crippen LogP contribution in [0, 0.1) is 12.3 Å². The number of aromatic nitrogens is 2. The van der Waals surface area contributed by atoms with Crippen molar-refractivity contribution in [2.24, 2.45) is 5.92 Å². The summed E-state index contributed by atoms with van der Waals surface area (Å²) in [5.41, 5.74) is 3.07. The van der Waals surface area contributed by atoms with Gasteiger partial charge in [0.1, 0.15) is 0 Å². The molecule has 3 aliphatic heterocycles. The second-order valence-electron chi connectivity index (χ2n) is 10.8. The molecule has 5 rings (SSSR count). The molecule has 1 aliphatic carbocycles. The van der Waals surface area contributed by atoms with E-state index in [1.807, 2.05) is 21.0 Å². The molecule has 0 unspecified atom stereocenters. The molecule has 4 heterocycles. The quantitative estimate of drug-likeness (QED) is 0.378. The number of methoxy groups -OCH3 is 1. The Balaban J connectivity index is 0.000000330. The van der Waals surface area contributed by atoms with E-state index in [2.05, 4.69) is 51.5 Å². The van der Waals surface area contributed by atoms with Gasteiger partial charge in [0, 0.05) is 58.3 Å². The molecule has 0 aromatic carbocycles. The number of piperidine rings is 3. The first-order valence-electron chi connectivity index (χ1n) is 14.6. The minimum Gasteiger partial charge on any atom is -0.662 e. The van der Waals surface area contributed by atoms with E-state index in [9.17, 15) is 0 Å². The van der Waals surface area contributed by atoms with Gasteiger partial charge >= 0.3 is 51.4 Å². The Morgan fingerprint density at radius 3 is 2.32 bits per heavy atom. The predicted octanol–water partition coefficient (Wildman–Crippen LogP) is 2.53. The van der Waals surface area contributed by atoms with Gasteiger partial charge in [-0.25, -0.2) is 0 Å². The average Bonchev–Trinajstić information content (AvgIpc) is 3.36. The molecule has 205 valence electrons. The number of hydrogen-bond donors (Lipinski definition) is 0. The standard InChI is InChI=1S/C14H27N2O.C13H20N3.C2H6.K.Y/c1-3-13-4-10-16(11-5-13)12-14(17-2)6-8-15-9-7-14;1-15-8-6-12(7-9-15)16-13-5-3-2-4-11(13)10-14-16;1-2;;/h13H,3-12H2,1-2H3;2,10,12H,3-9H2,1H3;1-2H3;;/q2*-1;;+1;. The van der Waals surface area contributed by atoms with Gasteiger partial charge in [-0.2, -0.15) is 17.9 Å². The first-order valence-corrected chi connectivity index (χ1v) is 14.6. The smallest absolute Gasteiger partial charge is 0.662 e. The van der Waals surface area contributed by atoms with E-state index >= 15 is 0 Å². The molecule has 1 aromatic heterocycles. The zero-order valence-corrected chi connectivity index (χ0v) is 31.0. The van der Waals surface area contributed by atoms with E-state index in [0.29, 0.717) is 6.04 Å². The largest absolute Gasteiger partial charge is 1.00 e. The zero-order valence-electron chi connectivity index (χ0n) is 25.1. The molecule has 0 amide bonds. The van der Waals surface area contributed by atoms with Gasteiger partial charge in [0.2, 0.25) is 0 Å². The number of hydrogen-bond acceptors (Lipinski definition) is 4. The van der Waals surface area contributed by atoms with Crippen molar-refractivity contribution in [2.75, 3.05) is 60.0 Å². The third-order valence-electron chi connectivity index (χ3n) is 8.65. The number of likely N-dealkylation sites (tertiary alicyclic amines) is 2. The Morgan fingerprint density at radius 1 is 1.08 bits per heavy atom. The normalized spacial score (nSPS) is 22.7. The van der Waals surface area contributed by atoms with Gasteiger partial charge in [-0.15, -0.1) is 13.1 Å². The number of ether oxygens (including phenoxy) is 1. The molecule has 0 N–H and O–H groups in total. The summed E-state index contributed by atoms with van der Waals surface area (Å²) in [5.74, 6) is 0.964. The van der Waals surface area contributed by atoms with Crippen molar-refractivity contribution >= 4 is 0 Å². The summed E-state index contributed by atoms with van der Waals surface area (Å²) in [6.07, 6.45) is 16.8. The topological polar surface area (TPSA) is 47.6 Å². The summed E-state index contributed by atoms with van der Waals surface area (Å²) in [5, 5.41) is 9.06. The van der Waals surface area contributed by atoms with Crippen LogP contribution in [0.3, 0.4) is 0 Å². The van der Waals surface area contributed by atoms with Crippen molar-refractivity contribution in [3.05, 3.63) is 29.2 Å². The Labute approximate surface area is 296 Å². The van der Waals surface area contributed by atoms with E-state index < -0.39 is 0 Å². The van der Waals surface area contributed by atoms with Crippen LogP contribution in [0.15, 0.2) is 6.20 Å². The molecule has 1 aromatic rings. The Kier molecular flexibility index (Phi) is 19.7. The molecule has 1 radical (unpaired) electrons. The van der Waals surface area contributed by atoms with Gasteiger partial charge in [-0.3, -0.25) is 4.68 Å². The molecular weight excluding hydrogens is 562 g/mol. The molecule has 3 fully saturated rings. The first-order chi connectivity index (χ1) is 17.1. The Hall–Kier alpha value is 1.79. The number of rotatable bonds is 5. The van der Waals surface area contributed by atoms with Crippen LogP contribution in [0.2, 0.25) is 0 Å². The Morgan fingerprint density at radius 2 is 1.73 bits per heavy atom. The van der Waals surface area contributed by atoms with Crippen molar-refractivity contribution in [1.29, 1.82) is 0 Å². The number of nitrogens with zero attached hydrogens (tertiary/aromatic N) is 5. The van der Waals surface area contributed by atoms with Gasteiger partial charge in [0.15, 0.2) is 0 Å². The van der Waals surface area contributed by atoms with Crippen molar-refractivity contribution in [3.8, 4) is 0 Å².